The molecule has 2 fully saturated rings. The molecule has 0 bridgehead atoms. The number of carboxylic acid groups (broad SMARTS) is 1. The summed E-state index contributed by atoms with van der Waals surface area (Å²) < 4.78 is 0. The van der Waals surface area contributed by atoms with Crippen molar-refractivity contribution in [2.45, 2.75) is 39.8 Å². The van der Waals surface area contributed by atoms with Crippen molar-refractivity contribution in [1.29, 1.82) is 0 Å². The molecule has 5 nitrogen and oxygen atoms in total. The normalized spacial score (nSPS) is 23.0. The average Bonchev–Trinajstić information content (AvgIpc) is 3.32. The van der Waals surface area contributed by atoms with E-state index >= 15 is 0 Å². The molecular formula is C20H28N2O3. The lowest BCUT2D eigenvalue weighted by Crippen LogP contribution is -2.51. The Morgan fingerprint density at radius 2 is 1.88 bits per heavy atom. The lowest BCUT2D eigenvalue weighted by molar-refractivity contribution is -0.139. The van der Waals surface area contributed by atoms with E-state index in [-0.39, 0.29) is 17.7 Å². The summed E-state index contributed by atoms with van der Waals surface area (Å²) in [6.07, 6.45) is 0.778. The summed E-state index contributed by atoms with van der Waals surface area (Å²) in [5.74, 6) is -0.156. The van der Waals surface area contributed by atoms with Gasteiger partial charge in [-0.3, -0.25) is 14.5 Å². The second kappa shape index (κ2) is 7.16. The minimum Gasteiger partial charge on any atom is -0.481 e. The first-order chi connectivity index (χ1) is 11.9. The molecule has 1 aliphatic carbocycles. The molecule has 0 unspecified atom stereocenters. The van der Waals surface area contributed by atoms with Gasteiger partial charge in [0, 0.05) is 31.2 Å². The monoisotopic (exact) mass is 344 g/mol. The minimum atomic E-state index is -0.687. The van der Waals surface area contributed by atoms with Gasteiger partial charge < -0.3 is 10.0 Å². The predicted molar refractivity (Wildman–Crippen MR) is 96.3 cm³/mol. The summed E-state index contributed by atoms with van der Waals surface area (Å²) in [6, 6.07) is 8.40. The van der Waals surface area contributed by atoms with E-state index in [1.165, 1.54) is 5.56 Å². The predicted octanol–water partition coefficient (Wildman–Crippen LogP) is 2.71. The molecule has 1 saturated carbocycles. The van der Waals surface area contributed by atoms with Gasteiger partial charge in [-0.05, 0) is 56.3 Å². The van der Waals surface area contributed by atoms with Gasteiger partial charge in [0.25, 0.3) is 5.91 Å². The zero-order valence-corrected chi connectivity index (χ0v) is 15.3. The van der Waals surface area contributed by atoms with E-state index in [9.17, 15) is 9.59 Å². The Morgan fingerprint density at radius 1 is 1.24 bits per heavy atom. The van der Waals surface area contributed by atoms with Crippen LogP contribution in [0.1, 0.15) is 43.1 Å². The average molecular weight is 344 g/mol. The van der Waals surface area contributed by atoms with Crippen LogP contribution in [0.4, 0.5) is 0 Å². The molecule has 25 heavy (non-hydrogen) atoms. The molecule has 3 rings (SSSR count). The smallest absolute Gasteiger partial charge is 0.306 e. The van der Waals surface area contributed by atoms with E-state index in [0.717, 1.165) is 25.1 Å². The number of aliphatic carboxylic acids is 1. The molecule has 1 aromatic carbocycles. The highest BCUT2D eigenvalue weighted by molar-refractivity contribution is 5.94. The first-order valence-electron chi connectivity index (χ1n) is 9.25. The molecule has 1 saturated heterocycles. The molecular weight excluding hydrogens is 316 g/mol. The Balaban J connectivity index is 1.51. The van der Waals surface area contributed by atoms with E-state index in [4.69, 9.17) is 5.11 Å². The molecule has 0 aromatic heterocycles. The maximum atomic E-state index is 12.5. The summed E-state index contributed by atoms with van der Waals surface area (Å²) in [5.41, 5.74) is 1.94. The van der Waals surface area contributed by atoms with Gasteiger partial charge in [-0.25, -0.2) is 0 Å². The van der Waals surface area contributed by atoms with Crippen LogP contribution in [0, 0.1) is 17.8 Å². The second-order valence-corrected chi connectivity index (χ2v) is 7.67. The Hall–Kier alpha value is -1.88. The Kier molecular flexibility index (Phi) is 5.13. The Morgan fingerprint density at radius 3 is 2.36 bits per heavy atom. The van der Waals surface area contributed by atoms with E-state index in [2.05, 4.69) is 25.7 Å². The van der Waals surface area contributed by atoms with Gasteiger partial charge in [-0.1, -0.05) is 19.1 Å². The zero-order valence-electron chi connectivity index (χ0n) is 15.3. The highest BCUT2D eigenvalue weighted by Crippen LogP contribution is 2.47. The lowest BCUT2D eigenvalue weighted by atomic mass is 9.92. The van der Waals surface area contributed by atoms with Gasteiger partial charge in [-0.15, -0.1) is 0 Å². The van der Waals surface area contributed by atoms with Gasteiger partial charge in [0.05, 0.1) is 5.92 Å². The number of likely N-dealkylation sites (tertiary alicyclic amines) is 1. The molecule has 0 spiro atoms. The van der Waals surface area contributed by atoms with Gasteiger partial charge in [-0.2, -0.15) is 0 Å². The Labute approximate surface area is 149 Å². The first kappa shape index (κ1) is 17.9. The zero-order chi connectivity index (χ0) is 18.1. The molecule has 0 radical (unpaired) electrons. The van der Waals surface area contributed by atoms with Gasteiger partial charge in [0.15, 0.2) is 0 Å². The van der Waals surface area contributed by atoms with Gasteiger partial charge in [0.1, 0.15) is 0 Å². The van der Waals surface area contributed by atoms with Crippen LogP contribution in [0.25, 0.3) is 0 Å². The fourth-order valence-corrected chi connectivity index (χ4v) is 3.80. The summed E-state index contributed by atoms with van der Waals surface area (Å²) in [7, 11) is 0. The first-order valence-corrected chi connectivity index (χ1v) is 9.25. The summed E-state index contributed by atoms with van der Waals surface area (Å²) in [5, 5.41) is 9.00. The van der Waals surface area contributed by atoms with E-state index < -0.39 is 5.97 Å². The van der Waals surface area contributed by atoms with Crippen molar-refractivity contribution in [3.8, 4) is 0 Å². The van der Waals surface area contributed by atoms with Crippen LogP contribution >= 0.6 is 0 Å². The third-order valence-electron chi connectivity index (χ3n) is 5.68. The van der Waals surface area contributed by atoms with Gasteiger partial charge >= 0.3 is 5.97 Å². The molecule has 2 aliphatic rings. The van der Waals surface area contributed by atoms with Crippen molar-refractivity contribution in [2.24, 2.45) is 17.8 Å². The minimum absolute atomic E-state index is 0.0616. The molecule has 1 aliphatic heterocycles. The summed E-state index contributed by atoms with van der Waals surface area (Å²) in [6.45, 7) is 9.84. The number of carbonyl (C=O) groups is 2. The van der Waals surface area contributed by atoms with E-state index in [1.54, 1.807) is 0 Å². The van der Waals surface area contributed by atoms with Crippen LogP contribution in [-0.2, 0) is 11.3 Å². The number of benzene rings is 1. The number of carboxylic acids is 1. The topological polar surface area (TPSA) is 60.9 Å². The molecule has 1 heterocycles. The van der Waals surface area contributed by atoms with Gasteiger partial charge in [0.2, 0.25) is 0 Å². The van der Waals surface area contributed by atoms with Crippen molar-refractivity contribution < 1.29 is 14.7 Å². The van der Waals surface area contributed by atoms with Crippen LogP contribution in [0.2, 0.25) is 0 Å². The number of nitrogens with zero attached hydrogens (tertiary/aromatic N) is 2. The van der Waals surface area contributed by atoms with Crippen molar-refractivity contribution in [1.82, 2.24) is 9.80 Å². The third kappa shape index (κ3) is 3.87. The molecule has 136 valence electrons. The van der Waals surface area contributed by atoms with Crippen molar-refractivity contribution in [3.05, 3.63) is 35.4 Å². The maximum Gasteiger partial charge on any atom is 0.306 e. The fourth-order valence-electron chi connectivity index (χ4n) is 3.80. The summed E-state index contributed by atoms with van der Waals surface area (Å²) >= 11 is 0. The van der Waals surface area contributed by atoms with Crippen LogP contribution in [-0.4, -0.2) is 52.5 Å². The highest BCUT2D eigenvalue weighted by atomic mass is 16.4. The fraction of sp³-hybridized carbons (Fsp3) is 0.600. The number of rotatable bonds is 7. The molecule has 2 atom stereocenters. The third-order valence-corrected chi connectivity index (χ3v) is 5.68. The van der Waals surface area contributed by atoms with Crippen molar-refractivity contribution in [3.63, 3.8) is 0 Å². The summed E-state index contributed by atoms with van der Waals surface area (Å²) in [4.78, 5) is 27.7. The molecule has 1 aromatic rings. The number of hydrogen-bond donors (Lipinski definition) is 1. The molecule has 1 N–H and O–H groups in total. The largest absolute Gasteiger partial charge is 0.481 e. The Bertz CT molecular complexity index is 635. The van der Waals surface area contributed by atoms with Crippen LogP contribution in [0.15, 0.2) is 24.3 Å². The SMILES string of the molecule is CCN(Cc1ccc(C(=O)N2CC([C@@H]3C[C@H]3C(=O)O)C2)cc1)C(C)C. The van der Waals surface area contributed by atoms with E-state index in [1.807, 2.05) is 29.2 Å². The molecule has 1 amide bonds. The van der Waals surface area contributed by atoms with E-state index in [0.29, 0.717) is 25.0 Å². The number of amides is 1. The number of carbonyl (C=O) groups excluding carboxylic acids is 1. The van der Waals surface area contributed by atoms with Crippen molar-refractivity contribution in [2.75, 3.05) is 19.6 Å². The van der Waals surface area contributed by atoms with Crippen LogP contribution in [0.5, 0.6) is 0 Å². The molecule has 5 heteroatoms. The van der Waals surface area contributed by atoms with Crippen molar-refractivity contribution >= 4 is 11.9 Å². The maximum absolute atomic E-state index is 12.5. The lowest BCUT2D eigenvalue weighted by Gasteiger charge is -2.39. The van der Waals surface area contributed by atoms with Crippen LogP contribution < -0.4 is 0 Å². The quantitative estimate of drug-likeness (QED) is 0.826. The standard InChI is InChI=1S/C20H28N2O3/c1-4-21(13(2)3)10-14-5-7-15(8-6-14)19(23)22-11-16(12-22)17-9-18(17)20(24)25/h5-8,13,16-18H,4,9-12H2,1-3H3,(H,24,25)/t17-,18+/m0/s1. The second-order valence-electron chi connectivity index (χ2n) is 7.67. The highest BCUT2D eigenvalue weighted by Gasteiger charge is 2.51. The number of hydrogen-bond acceptors (Lipinski definition) is 3. The van der Waals surface area contributed by atoms with Crippen LogP contribution in [0.3, 0.4) is 0 Å².